The summed E-state index contributed by atoms with van der Waals surface area (Å²) in [5.41, 5.74) is 2.42. The van der Waals surface area contributed by atoms with Crippen LogP contribution in [0.4, 0.5) is 0 Å². The molecule has 122 valence electrons. The highest BCUT2D eigenvalue weighted by molar-refractivity contribution is 5.94. The van der Waals surface area contributed by atoms with Gasteiger partial charge < -0.3 is 9.47 Å². The molecule has 3 heteroatoms. The molecule has 1 aliphatic rings. The molecule has 1 aliphatic heterocycles. The van der Waals surface area contributed by atoms with E-state index >= 15 is 0 Å². The molecule has 0 spiro atoms. The molecule has 0 saturated carbocycles. The Bertz CT molecular complexity index is 820. The molecule has 3 rings (SSSR count). The molecule has 0 fully saturated rings. The third-order valence-corrected chi connectivity index (χ3v) is 3.82. The van der Waals surface area contributed by atoms with Gasteiger partial charge in [0, 0.05) is 22.1 Å². The number of hydrogen-bond donors (Lipinski definition) is 0. The van der Waals surface area contributed by atoms with Gasteiger partial charge in [0.1, 0.15) is 0 Å². The van der Waals surface area contributed by atoms with Crippen molar-refractivity contribution in [3.63, 3.8) is 0 Å². The zero-order valence-electron chi connectivity index (χ0n) is 14.2. The van der Waals surface area contributed by atoms with Gasteiger partial charge in [-0.25, -0.2) is 0 Å². The summed E-state index contributed by atoms with van der Waals surface area (Å²) in [7, 11) is 0. The Kier molecular flexibility index (Phi) is 4.31. The summed E-state index contributed by atoms with van der Waals surface area (Å²) in [4.78, 5) is 11.3. The second-order valence-electron chi connectivity index (χ2n) is 6.79. The summed E-state index contributed by atoms with van der Waals surface area (Å²) in [6.45, 7) is 7.03. The van der Waals surface area contributed by atoms with Crippen molar-refractivity contribution in [3.8, 4) is 23.3 Å². The second-order valence-corrected chi connectivity index (χ2v) is 6.79. The van der Waals surface area contributed by atoms with E-state index in [-0.39, 0.29) is 11.2 Å². The van der Waals surface area contributed by atoms with Crippen molar-refractivity contribution in [2.45, 2.75) is 20.8 Å². The zero-order valence-corrected chi connectivity index (χ0v) is 14.2. The van der Waals surface area contributed by atoms with Gasteiger partial charge >= 0.3 is 0 Å². The van der Waals surface area contributed by atoms with E-state index in [9.17, 15) is 4.79 Å². The summed E-state index contributed by atoms with van der Waals surface area (Å²) in [5.74, 6) is 7.79. The fourth-order valence-corrected chi connectivity index (χ4v) is 2.34. The lowest BCUT2D eigenvalue weighted by Crippen LogP contribution is -2.26. The Morgan fingerprint density at radius 1 is 0.917 bits per heavy atom. The SMILES string of the molecule is CC(=O)c1ccc(C#Cc2ccc3c(c2)OCC(C)(C)CO3)cc1. The summed E-state index contributed by atoms with van der Waals surface area (Å²) in [6, 6.07) is 13.0. The molecule has 0 N–H and O–H groups in total. The molecule has 0 bridgehead atoms. The maximum absolute atomic E-state index is 11.3. The van der Waals surface area contributed by atoms with E-state index in [2.05, 4.69) is 25.7 Å². The average Bonchev–Trinajstić information content (AvgIpc) is 2.72. The largest absolute Gasteiger partial charge is 0.489 e. The van der Waals surface area contributed by atoms with E-state index in [1.807, 2.05) is 30.3 Å². The predicted molar refractivity (Wildman–Crippen MR) is 93.6 cm³/mol. The third-order valence-electron chi connectivity index (χ3n) is 3.82. The minimum absolute atomic E-state index is 0.0106. The zero-order chi connectivity index (χ0) is 17.2. The number of rotatable bonds is 1. The maximum atomic E-state index is 11.3. The lowest BCUT2D eigenvalue weighted by atomic mass is 9.97. The summed E-state index contributed by atoms with van der Waals surface area (Å²) < 4.78 is 11.7. The van der Waals surface area contributed by atoms with Crippen LogP contribution in [0.1, 0.15) is 42.3 Å². The topological polar surface area (TPSA) is 35.5 Å². The van der Waals surface area contributed by atoms with Crippen molar-refractivity contribution in [3.05, 3.63) is 59.2 Å². The van der Waals surface area contributed by atoms with E-state index in [4.69, 9.17) is 9.47 Å². The first-order valence-corrected chi connectivity index (χ1v) is 7.96. The minimum Gasteiger partial charge on any atom is -0.489 e. The number of ether oxygens (including phenoxy) is 2. The van der Waals surface area contributed by atoms with Gasteiger partial charge in [0.05, 0.1) is 13.2 Å². The summed E-state index contributed by atoms with van der Waals surface area (Å²) >= 11 is 0. The van der Waals surface area contributed by atoms with Gasteiger partial charge in [-0.2, -0.15) is 0 Å². The molecule has 0 aliphatic carbocycles. The van der Waals surface area contributed by atoms with Crippen molar-refractivity contribution in [2.24, 2.45) is 5.41 Å². The Hall–Kier alpha value is -2.73. The van der Waals surface area contributed by atoms with Gasteiger partial charge in [0.15, 0.2) is 17.3 Å². The standard InChI is InChI=1S/C21H20O3/c1-15(22)18-9-6-16(7-10-18)4-5-17-8-11-19-20(12-17)24-14-21(2,3)13-23-19/h6-12H,13-14H2,1-3H3. The number of Topliss-reactive ketones (excluding diaryl/α,β-unsaturated/α-hetero) is 1. The summed E-state index contributed by atoms with van der Waals surface area (Å²) in [6.07, 6.45) is 0. The van der Waals surface area contributed by atoms with Crippen molar-refractivity contribution in [1.29, 1.82) is 0 Å². The fourth-order valence-electron chi connectivity index (χ4n) is 2.34. The number of carbonyl (C=O) groups excluding carboxylic acids is 1. The van der Waals surface area contributed by atoms with Crippen LogP contribution < -0.4 is 9.47 Å². The van der Waals surface area contributed by atoms with Crippen molar-refractivity contribution in [1.82, 2.24) is 0 Å². The van der Waals surface area contributed by atoms with Crippen LogP contribution in [0.5, 0.6) is 11.5 Å². The third kappa shape index (κ3) is 3.78. The number of hydrogen-bond acceptors (Lipinski definition) is 3. The number of ketones is 1. The number of benzene rings is 2. The molecule has 0 radical (unpaired) electrons. The Labute approximate surface area is 142 Å². The van der Waals surface area contributed by atoms with Crippen LogP contribution in [0.2, 0.25) is 0 Å². The normalized spacial score (nSPS) is 15.0. The Morgan fingerprint density at radius 3 is 2.17 bits per heavy atom. The van der Waals surface area contributed by atoms with Crippen LogP contribution in [-0.2, 0) is 0 Å². The van der Waals surface area contributed by atoms with E-state index in [0.29, 0.717) is 18.8 Å². The monoisotopic (exact) mass is 320 g/mol. The highest BCUT2D eigenvalue weighted by Gasteiger charge is 2.25. The molecule has 3 nitrogen and oxygen atoms in total. The van der Waals surface area contributed by atoms with Crippen molar-refractivity contribution >= 4 is 5.78 Å². The molecule has 1 heterocycles. The quantitative estimate of drug-likeness (QED) is 0.586. The fraction of sp³-hybridized carbons (Fsp3) is 0.286. The molecule has 24 heavy (non-hydrogen) atoms. The molecule has 0 saturated heterocycles. The minimum atomic E-state index is -0.0106. The molecule has 0 unspecified atom stereocenters. The van der Waals surface area contributed by atoms with Gasteiger partial charge in [0.25, 0.3) is 0 Å². The van der Waals surface area contributed by atoms with Crippen molar-refractivity contribution < 1.29 is 14.3 Å². The lowest BCUT2D eigenvalue weighted by Gasteiger charge is -2.19. The molecule has 0 atom stereocenters. The Morgan fingerprint density at radius 2 is 1.50 bits per heavy atom. The molecule has 0 aromatic heterocycles. The first kappa shape index (κ1) is 16.1. The van der Waals surface area contributed by atoms with Crippen LogP contribution in [0, 0.1) is 17.3 Å². The number of fused-ring (bicyclic) bond motifs is 1. The van der Waals surface area contributed by atoms with Crippen LogP contribution in [0.25, 0.3) is 0 Å². The molecule has 2 aromatic rings. The van der Waals surface area contributed by atoms with Crippen LogP contribution in [0.15, 0.2) is 42.5 Å². The van der Waals surface area contributed by atoms with Crippen LogP contribution in [-0.4, -0.2) is 19.0 Å². The second kappa shape index (κ2) is 6.41. The first-order chi connectivity index (χ1) is 11.4. The van der Waals surface area contributed by atoms with Gasteiger partial charge in [-0.05, 0) is 37.3 Å². The average molecular weight is 320 g/mol. The van der Waals surface area contributed by atoms with E-state index in [0.717, 1.165) is 22.6 Å². The van der Waals surface area contributed by atoms with E-state index in [1.54, 1.807) is 19.1 Å². The van der Waals surface area contributed by atoms with E-state index in [1.165, 1.54) is 0 Å². The lowest BCUT2D eigenvalue weighted by molar-refractivity contribution is 0.101. The van der Waals surface area contributed by atoms with Crippen molar-refractivity contribution in [2.75, 3.05) is 13.2 Å². The first-order valence-electron chi connectivity index (χ1n) is 7.96. The van der Waals surface area contributed by atoms with E-state index < -0.39 is 0 Å². The van der Waals surface area contributed by atoms with Gasteiger partial charge in [-0.15, -0.1) is 0 Å². The molecule has 0 amide bonds. The molecular weight excluding hydrogens is 300 g/mol. The van der Waals surface area contributed by atoms with Crippen LogP contribution in [0.3, 0.4) is 0 Å². The number of carbonyl (C=O) groups is 1. The maximum Gasteiger partial charge on any atom is 0.162 e. The van der Waals surface area contributed by atoms with Crippen LogP contribution >= 0.6 is 0 Å². The molecular formula is C21H20O3. The molecule has 2 aromatic carbocycles. The van der Waals surface area contributed by atoms with Gasteiger partial charge in [-0.1, -0.05) is 37.8 Å². The summed E-state index contributed by atoms with van der Waals surface area (Å²) in [5, 5.41) is 0. The highest BCUT2D eigenvalue weighted by Crippen LogP contribution is 2.34. The highest BCUT2D eigenvalue weighted by atomic mass is 16.5. The predicted octanol–water partition coefficient (Wildman–Crippen LogP) is 4.09. The Balaban J connectivity index is 1.80. The van der Waals surface area contributed by atoms with Gasteiger partial charge in [-0.3, -0.25) is 4.79 Å². The van der Waals surface area contributed by atoms with Gasteiger partial charge in [0.2, 0.25) is 0 Å². The smallest absolute Gasteiger partial charge is 0.162 e.